The van der Waals surface area contributed by atoms with Crippen LogP contribution < -0.4 is 15.4 Å². The molecule has 5 nitrogen and oxygen atoms in total. The zero-order chi connectivity index (χ0) is 13.5. The summed E-state index contributed by atoms with van der Waals surface area (Å²) in [7, 11) is 0. The highest BCUT2D eigenvalue weighted by Crippen LogP contribution is 2.17. The average Bonchev–Trinajstić information content (AvgIpc) is 2.46. The fraction of sp³-hybridized carbons (Fsp3) is 0.500. The van der Waals surface area contributed by atoms with Crippen molar-refractivity contribution in [3.05, 3.63) is 24.3 Å². The third kappa shape index (κ3) is 4.22. The molecular weight excluding hydrogens is 244 g/mol. The van der Waals surface area contributed by atoms with Crippen LogP contribution in [0.3, 0.4) is 0 Å². The molecule has 1 aliphatic heterocycles. The number of carbonyl (C=O) groups excluding carboxylic acids is 1. The Kier molecular flexibility index (Phi) is 5.18. The smallest absolute Gasteiger partial charge is 0.243 e. The molecule has 0 radical (unpaired) electrons. The van der Waals surface area contributed by atoms with E-state index in [0.29, 0.717) is 26.4 Å². The van der Waals surface area contributed by atoms with Crippen molar-refractivity contribution in [1.82, 2.24) is 5.32 Å². The van der Waals surface area contributed by atoms with E-state index in [9.17, 15) is 4.79 Å². The lowest BCUT2D eigenvalue weighted by atomic mass is 10.2. The van der Waals surface area contributed by atoms with E-state index in [2.05, 4.69) is 17.6 Å². The topological polar surface area (TPSA) is 59.6 Å². The lowest BCUT2D eigenvalue weighted by molar-refractivity contribution is -0.120. The number of hydrogen-bond donors (Lipinski definition) is 2. The van der Waals surface area contributed by atoms with Crippen molar-refractivity contribution >= 4 is 11.6 Å². The molecular formula is C14H20N2O3. The predicted octanol–water partition coefficient (Wildman–Crippen LogP) is 1.40. The first-order chi connectivity index (χ1) is 9.29. The highest BCUT2D eigenvalue weighted by atomic mass is 16.5. The molecule has 1 fully saturated rings. The van der Waals surface area contributed by atoms with Crippen LogP contribution in [0, 0.1) is 0 Å². The van der Waals surface area contributed by atoms with Gasteiger partial charge in [-0.15, -0.1) is 0 Å². The van der Waals surface area contributed by atoms with Crippen LogP contribution in [-0.2, 0) is 9.53 Å². The van der Waals surface area contributed by atoms with E-state index in [4.69, 9.17) is 9.47 Å². The molecule has 1 unspecified atom stereocenters. The SMILES string of the molecule is CCCOc1cccc(NC(=O)C2COCCN2)c1. The van der Waals surface area contributed by atoms with Crippen LogP contribution in [0.15, 0.2) is 24.3 Å². The van der Waals surface area contributed by atoms with Gasteiger partial charge in [-0.25, -0.2) is 0 Å². The number of ether oxygens (including phenoxy) is 2. The second-order valence-electron chi connectivity index (χ2n) is 4.45. The molecule has 19 heavy (non-hydrogen) atoms. The molecule has 1 atom stereocenters. The quantitative estimate of drug-likeness (QED) is 0.844. The minimum Gasteiger partial charge on any atom is -0.494 e. The third-order valence-electron chi connectivity index (χ3n) is 2.81. The molecule has 1 heterocycles. The maximum absolute atomic E-state index is 12.0. The molecule has 5 heteroatoms. The third-order valence-corrected chi connectivity index (χ3v) is 2.81. The van der Waals surface area contributed by atoms with Crippen LogP contribution in [-0.4, -0.2) is 38.3 Å². The van der Waals surface area contributed by atoms with Gasteiger partial charge in [0.15, 0.2) is 0 Å². The first-order valence-electron chi connectivity index (χ1n) is 6.64. The van der Waals surface area contributed by atoms with Gasteiger partial charge >= 0.3 is 0 Å². The highest BCUT2D eigenvalue weighted by Gasteiger charge is 2.21. The van der Waals surface area contributed by atoms with Crippen molar-refractivity contribution in [2.75, 3.05) is 31.7 Å². The molecule has 2 rings (SSSR count). The summed E-state index contributed by atoms with van der Waals surface area (Å²) in [6, 6.07) is 7.14. The summed E-state index contributed by atoms with van der Waals surface area (Å²) in [5.41, 5.74) is 0.742. The summed E-state index contributed by atoms with van der Waals surface area (Å²) in [4.78, 5) is 12.0. The Bertz CT molecular complexity index is 417. The molecule has 2 N–H and O–H groups in total. The fourth-order valence-electron chi connectivity index (χ4n) is 1.85. The van der Waals surface area contributed by atoms with Gasteiger partial charge in [0.05, 0.1) is 19.8 Å². The maximum atomic E-state index is 12.0. The van der Waals surface area contributed by atoms with E-state index >= 15 is 0 Å². The number of anilines is 1. The van der Waals surface area contributed by atoms with Crippen LogP contribution in [0.25, 0.3) is 0 Å². The van der Waals surface area contributed by atoms with Gasteiger partial charge in [0, 0.05) is 18.3 Å². The number of rotatable bonds is 5. The van der Waals surface area contributed by atoms with Crippen LogP contribution in [0.1, 0.15) is 13.3 Å². The average molecular weight is 264 g/mol. The van der Waals surface area contributed by atoms with Gasteiger partial charge in [-0.05, 0) is 18.6 Å². The minimum absolute atomic E-state index is 0.0765. The molecule has 1 aliphatic rings. The van der Waals surface area contributed by atoms with Crippen LogP contribution >= 0.6 is 0 Å². The molecule has 1 aromatic carbocycles. The molecule has 1 amide bonds. The van der Waals surface area contributed by atoms with Gasteiger partial charge in [-0.3, -0.25) is 4.79 Å². The maximum Gasteiger partial charge on any atom is 0.243 e. The van der Waals surface area contributed by atoms with Crippen molar-refractivity contribution in [3.63, 3.8) is 0 Å². The van der Waals surface area contributed by atoms with Crippen molar-refractivity contribution in [2.45, 2.75) is 19.4 Å². The van der Waals surface area contributed by atoms with Crippen molar-refractivity contribution in [1.29, 1.82) is 0 Å². The molecule has 1 aromatic rings. The van der Waals surface area contributed by atoms with Gasteiger partial charge < -0.3 is 20.1 Å². The molecule has 0 aliphatic carbocycles. The van der Waals surface area contributed by atoms with Gasteiger partial charge in [0.1, 0.15) is 11.8 Å². The first-order valence-corrected chi connectivity index (χ1v) is 6.64. The number of nitrogens with one attached hydrogen (secondary N) is 2. The molecule has 1 saturated heterocycles. The van der Waals surface area contributed by atoms with Gasteiger partial charge in [0.2, 0.25) is 5.91 Å². The van der Waals surface area contributed by atoms with E-state index in [1.165, 1.54) is 0 Å². The summed E-state index contributed by atoms with van der Waals surface area (Å²) < 4.78 is 10.8. The van der Waals surface area contributed by atoms with E-state index < -0.39 is 0 Å². The van der Waals surface area contributed by atoms with Gasteiger partial charge in [0.25, 0.3) is 0 Å². The first kappa shape index (κ1) is 13.8. The Morgan fingerprint density at radius 3 is 3.21 bits per heavy atom. The number of amides is 1. The summed E-state index contributed by atoms with van der Waals surface area (Å²) in [5, 5.41) is 5.99. The van der Waals surface area contributed by atoms with Crippen molar-refractivity contribution in [2.24, 2.45) is 0 Å². The van der Waals surface area contributed by atoms with Crippen LogP contribution in [0.2, 0.25) is 0 Å². The molecule has 0 spiro atoms. The van der Waals surface area contributed by atoms with Gasteiger partial charge in [-0.2, -0.15) is 0 Å². The molecule has 0 aromatic heterocycles. The number of carbonyl (C=O) groups is 1. The Morgan fingerprint density at radius 1 is 1.58 bits per heavy atom. The number of benzene rings is 1. The van der Waals surface area contributed by atoms with E-state index in [0.717, 1.165) is 17.9 Å². The number of morpholine rings is 1. The Morgan fingerprint density at radius 2 is 2.47 bits per heavy atom. The standard InChI is InChI=1S/C14H20N2O3/c1-2-7-19-12-5-3-4-11(9-12)16-14(17)13-10-18-8-6-15-13/h3-5,9,13,15H,2,6-8,10H2,1H3,(H,16,17). The molecule has 0 saturated carbocycles. The molecule has 104 valence electrons. The second-order valence-corrected chi connectivity index (χ2v) is 4.45. The van der Waals surface area contributed by atoms with Crippen molar-refractivity contribution < 1.29 is 14.3 Å². The Labute approximate surface area is 113 Å². The second kappa shape index (κ2) is 7.11. The van der Waals surface area contributed by atoms with E-state index in [1.54, 1.807) is 0 Å². The summed E-state index contributed by atoms with van der Waals surface area (Å²) in [5.74, 6) is 0.694. The number of hydrogen-bond acceptors (Lipinski definition) is 4. The predicted molar refractivity (Wildman–Crippen MR) is 73.5 cm³/mol. The highest BCUT2D eigenvalue weighted by molar-refractivity contribution is 5.95. The zero-order valence-electron chi connectivity index (χ0n) is 11.1. The van der Waals surface area contributed by atoms with E-state index in [-0.39, 0.29) is 11.9 Å². The Balaban J connectivity index is 1.92. The van der Waals surface area contributed by atoms with Gasteiger partial charge in [-0.1, -0.05) is 13.0 Å². The van der Waals surface area contributed by atoms with Crippen LogP contribution in [0.4, 0.5) is 5.69 Å². The Hall–Kier alpha value is -1.59. The fourth-order valence-corrected chi connectivity index (χ4v) is 1.85. The lowest BCUT2D eigenvalue weighted by Crippen LogP contribution is -2.48. The summed E-state index contributed by atoms with van der Waals surface area (Å²) >= 11 is 0. The lowest BCUT2D eigenvalue weighted by Gasteiger charge is -2.22. The molecule has 0 bridgehead atoms. The normalized spacial score (nSPS) is 18.9. The summed E-state index contributed by atoms with van der Waals surface area (Å²) in [6.45, 7) is 4.51. The van der Waals surface area contributed by atoms with E-state index in [1.807, 2.05) is 24.3 Å². The minimum atomic E-state index is -0.283. The van der Waals surface area contributed by atoms with Crippen LogP contribution in [0.5, 0.6) is 5.75 Å². The largest absolute Gasteiger partial charge is 0.494 e. The zero-order valence-corrected chi connectivity index (χ0v) is 11.1. The van der Waals surface area contributed by atoms with Crippen molar-refractivity contribution in [3.8, 4) is 5.75 Å². The monoisotopic (exact) mass is 264 g/mol. The summed E-state index contributed by atoms with van der Waals surface area (Å²) in [6.07, 6.45) is 0.958.